The third-order valence-electron chi connectivity index (χ3n) is 3.76. The average molecular weight is 270 g/mol. The largest absolute Gasteiger partial charge is 0.334 e. The van der Waals surface area contributed by atoms with E-state index in [1.54, 1.807) is 17.1 Å². The highest BCUT2D eigenvalue weighted by atomic mass is 16.2. The van der Waals surface area contributed by atoms with Crippen LogP contribution in [0.5, 0.6) is 0 Å². The molecule has 1 aromatic heterocycles. The van der Waals surface area contributed by atoms with Crippen molar-refractivity contribution in [3.63, 3.8) is 0 Å². The molecule has 1 amide bonds. The summed E-state index contributed by atoms with van der Waals surface area (Å²) in [5.41, 5.74) is 7.29. The highest BCUT2D eigenvalue weighted by Gasteiger charge is 2.28. The van der Waals surface area contributed by atoms with Gasteiger partial charge in [-0.05, 0) is 25.0 Å². The molecule has 1 unspecified atom stereocenters. The van der Waals surface area contributed by atoms with Crippen LogP contribution in [0.1, 0.15) is 23.2 Å². The fraction of sp³-hybridized carbons (Fsp3) is 0.333. The molecule has 2 heterocycles. The van der Waals surface area contributed by atoms with Crippen molar-refractivity contribution in [1.82, 2.24) is 14.7 Å². The van der Waals surface area contributed by atoms with Gasteiger partial charge in [0.15, 0.2) is 0 Å². The Labute approximate surface area is 118 Å². The number of nitrogens with zero attached hydrogens (tertiary/aromatic N) is 3. The quantitative estimate of drug-likeness (QED) is 0.917. The third kappa shape index (κ3) is 2.32. The molecule has 2 N–H and O–H groups in total. The number of nitrogens with two attached hydrogens (primary N) is 1. The van der Waals surface area contributed by atoms with E-state index in [4.69, 9.17) is 5.73 Å². The minimum atomic E-state index is 0.0279. The van der Waals surface area contributed by atoms with Crippen molar-refractivity contribution >= 4 is 5.91 Å². The van der Waals surface area contributed by atoms with Crippen molar-refractivity contribution in [3.05, 3.63) is 48.3 Å². The summed E-state index contributed by atoms with van der Waals surface area (Å²) in [7, 11) is 0. The lowest BCUT2D eigenvalue weighted by molar-refractivity contribution is 0.0741. The van der Waals surface area contributed by atoms with Gasteiger partial charge in [0.1, 0.15) is 0 Å². The van der Waals surface area contributed by atoms with E-state index in [1.165, 1.54) is 0 Å². The Morgan fingerprint density at radius 2 is 2.15 bits per heavy atom. The maximum absolute atomic E-state index is 12.5. The van der Waals surface area contributed by atoms with Gasteiger partial charge < -0.3 is 10.6 Å². The Bertz CT molecular complexity index is 593. The Balaban J connectivity index is 1.82. The number of likely N-dealkylation sites (tertiary alicyclic amines) is 1. The molecular weight excluding hydrogens is 252 g/mol. The second kappa shape index (κ2) is 5.46. The fourth-order valence-corrected chi connectivity index (χ4v) is 2.67. The normalized spacial score (nSPS) is 18.4. The first-order valence-electron chi connectivity index (χ1n) is 6.90. The Morgan fingerprint density at radius 3 is 2.90 bits per heavy atom. The third-order valence-corrected chi connectivity index (χ3v) is 3.76. The van der Waals surface area contributed by atoms with Crippen LogP contribution in [0.4, 0.5) is 0 Å². The number of amides is 1. The second-order valence-electron chi connectivity index (χ2n) is 5.04. The van der Waals surface area contributed by atoms with Crippen LogP contribution >= 0.6 is 0 Å². The zero-order valence-corrected chi connectivity index (χ0v) is 11.3. The van der Waals surface area contributed by atoms with Crippen molar-refractivity contribution in [2.45, 2.75) is 18.9 Å². The fourth-order valence-electron chi connectivity index (χ4n) is 2.67. The lowest BCUT2D eigenvalue weighted by atomic mass is 10.2. The van der Waals surface area contributed by atoms with Gasteiger partial charge in [-0.25, -0.2) is 4.68 Å². The Kier molecular flexibility index (Phi) is 3.52. The van der Waals surface area contributed by atoms with Crippen LogP contribution < -0.4 is 5.73 Å². The van der Waals surface area contributed by atoms with Gasteiger partial charge in [-0.1, -0.05) is 18.2 Å². The predicted molar refractivity (Wildman–Crippen MR) is 76.7 cm³/mol. The maximum atomic E-state index is 12.5. The average Bonchev–Trinajstić information content (AvgIpc) is 3.16. The van der Waals surface area contributed by atoms with Crippen LogP contribution in [0, 0.1) is 0 Å². The molecule has 0 saturated carbocycles. The van der Waals surface area contributed by atoms with Crippen LogP contribution in [0.3, 0.4) is 0 Å². The summed E-state index contributed by atoms with van der Waals surface area (Å²) in [6.45, 7) is 1.32. The van der Waals surface area contributed by atoms with Gasteiger partial charge in [-0.15, -0.1) is 0 Å². The molecule has 1 aliphatic rings. The van der Waals surface area contributed by atoms with Crippen molar-refractivity contribution < 1.29 is 4.79 Å². The van der Waals surface area contributed by atoms with E-state index in [2.05, 4.69) is 5.10 Å². The molecule has 0 bridgehead atoms. The first-order chi connectivity index (χ1) is 9.79. The topological polar surface area (TPSA) is 64.2 Å². The van der Waals surface area contributed by atoms with Gasteiger partial charge >= 0.3 is 0 Å². The molecule has 20 heavy (non-hydrogen) atoms. The SMILES string of the molecule is NCC1CCCN1C(=O)c1cnn(-c2ccccc2)c1. The van der Waals surface area contributed by atoms with Crippen LogP contribution in [-0.2, 0) is 0 Å². The van der Waals surface area contributed by atoms with Crippen LogP contribution in [-0.4, -0.2) is 39.7 Å². The number of hydrogen-bond donors (Lipinski definition) is 1. The van der Waals surface area contributed by atoms with E-state index in [1.807, 2.05) is 35.2 Å². The minimum Gasteiger partial charge on any atom is -0.334 e. The summed E-state index contributed by atoms with van der Waals surface area (Å²) < 4.78 is 1.72. The van der Waals surface area contributed by atoms with Gasteiger partial charge in [0, 0.05) is 25.3 Å². The van der Waals surface area contributed by atoms with Gasteiger partial charge in [-0.3, -0.25) is 4.79 Å². The van der Waals surface area contributed by atoms with E-state index in [0.717, 1.165) is 25.1 Å². The summed E-state index contributed by atoms with van der Waals surface area (Å²) in [6.07, 6.45) is 5.43. The first kappa shape index (κ1) is 12.9. The van der Waals surface area contributed by atoms with Crippen LogP contribution in [0.2, 0.25) is 0 Å². The van der Waals surface area contributed by atoms with E-state index >= 15 is 0 Å². The molecule has 5 heteroatoms. The predicted octanol–water partition coefficient (Wildman–Crippen LogP) is 1.44. The first-order valence-corrected chi connectivity index (χ1v) is 6.90. The summed E-state index contributed by atoms with van der Waals surface area (Å²) in [6, 6.07) is 9.93. The molecular formula is C15H18N4O. The summed E-state index contributed by atoms with van der Waals surface area (Å²) in [5, 5.41) is 4.27. The Morgan fingerprint density at radius 1 is 1.35 bits per heavy atom. The molecule has 5 nitrogen and oxygen atoms in total. The van der Waals surface area contributed by atoms with Crippen LogP contribution in [0.15, 0.2) is 42.7 Å². The number of hydrogen-bond acceptors (Lipinski definition) is 3. The number of carbonyl (C=O) groups excluding carboxylic acids is 1. The van der Waals surface area contributed by atoms with E-state index < -0.39 is 0 Å². The van der Waals surface area contributed by atoms with E-state index in [9.17, 15) is 4.79 Å². The lowest BCUT2D eigenvalue weighted by Crippen LogP contribution is -2.39. The number of para-hydroxylation sites is 1. The molecule has 0 radical (unpaired) electrons. The highest BCUT2D eigenvalue weighted by molar-refractivity contribution is 5.94. The molecule has 1 aromatic carbocycles. The van der Waals surface area contributed by atoms with Crippen LogP contribution in [0.25, 0.3) is 5.69 Å². The number of rotatable bonds is 3. The van der Waals surface area contributed by atoms with Crippen molar-refractivity contribution in [2.24, 2.45) is 5.73 Å². The van der Waals surface area contributed by atoms with Gasteiger partial charge in [-0.2, -0.15) is 5.10 Å². The maximum Gasteiger partial charge on any atom is 0.257 e. The van der Waals surface area contributed by atoms with Gasteiger partial charge in [0.2, 0.25) is 0 Å². The molecule has 1 saturated heterocycles. The zero-order valence-electron chi connectivity index (χ0n) is 11.3. The molecule has 1 fully saturated rings. The van der Waals surface area contributed by atoms with Crippen molar-refractivity contribution in [1.29, 1.82) is 0 Å². The van der Waals surface area contributed by atoms with Gasteiger partial charge in [0.25, 0.3) is 5.91 Å². The minimum absolute atomic E-state index is 0.0279. The zero-order chi connectivity index (χ0) is 13.9. The molecule has 1 aliphatic heterocycles. The lowest BCUT2D eigenvalue weighted by Gasteiger charge is -2.22. The summed E-state index contributed by atoms with van der Waals surface area (Å²) in [4.78, 5) is 14.3. The van der Waals surface area contributed by atoms with E-state index in [0.29, 0.717) is 12.1 Å². The standard InChI is InChI=1S/C15H18N4O/c16-9-14-7-4-8-18(14)15(20)12-10-17-19(11-12)13-5-2-1-3-6-13/h1-3,5-6,10-11,14H,4,7-9,16H2. The van der Waals surface area contributed by atoms with Crippen molar-refractivity contribution in [2.75, 3.05) is 13.1 Å². The molecule has 0 aliphatic carbocycles. The molecule has 3 rings (SSSR count). The number of carbonyl (C=O) groups is 1. The molecule has 2 aromatic rings. The number of benzene rings is 1. The number of aromatic nitrogens is 2. The molecule has 0 spiro atoms. The van der Waals surface area contributed by atoms with Gasteiger partial charge in [0.05, 0.1) is 17.4 Å². The summed E-state index contributed by atoms with van der Waals surface area (Å²) >= 11 is 0. The summed E-state index contributed by atoms with van der Waals surface area (Å²) in [5.74, 6) is 0.0279. The molecule has 1 atom stereocenters. The van der Waals surface area contributed by atoms with E-state index in [-0.39, 0.29) is 11.9 Å². The van der Waals surface area contributed by atoms with Crippen molar-refractivity contribution in [3.8, 4) is 5.69 Å². The Hall–Kier alpha value is -2.14. The molecule has 104 valence electrons. The smallest absolute Gasteiger partial charge is 0.257 e. The second-order valence-corrected chi connectivity index (χ2v) is 5.04. The monoisotopic (exact) mass is 270 g/mol. The highest BCUT2D eigenvalue weighted by Crippen LogP contribution is 2.19.